The van der Waals surface area contributed by atoms with Crippen molar-refractivity contribution in [2.24, 2.45) is 0 Å². The molecule has 0 aliphatic heterocycles. The number of rotatable bonds is 5. The van der Waals surface area contributed by atoms with Gasteiger partial charge in [-0.3, -0.25) is 9.78 Å². The molecule has 0 unspecified atom stereocenters. The molecule has 1 heterocycles. The van der Waals surface area contributed by atoms with Crippen molar-refractivity contribution in [1.82, 2.24) is 4.98 Å². The monoisotopic (exact) mass is 338 g/mol. The number of hydrogen-bond donors (Lipinski definition) is 1. The van der Waals surface area contributed by atoms with E-state index < -0.39 is 15.1 Å². The number of nitrogens with zero attached hydrogens (tertiary/aromatic N) is 1. The van der Waals surface area contributed by atoms with Crippen molar-refractivity contribution >= 4 is 38.1 Å². The fourth-order valence-electron chi connectivity index (χ4n) is 2.10. The molecule has 1 N–H and O–H groups in total. The van der Waals surface area contributed by atoms with Gasteiger partial charge in [0, 0.05) is 18.0 Å². The van der Waals surface area contributed by atoms with Crippen LogP contribution in [0.2, 0.25) is 0 Å². The first kappa shape index (κ1) is 16.5. The van der Waals surface area contributed by atoms with Gasteiger partial charge in [-0.25, -0.2) is 8.42 Å². The van der Waals surface area contributed by atoms with Crippen molar-refractivity contribution in [2.75, 3.05) is 11.6 Å². The van der Waals surface area contributed by atoms with Crippen molar-refractivity contribution in [1.29, 1.82) is 0 Å². The lowest BCUT2D eigenvalue weighted by atomic mass is 10.0. The van der Waals surface area contributed by atoms with Crippen LogP contribution in [0.5, 0.6) is 0 Å². The summed E-state index contributed by atoms with van der Waals surface area (Å²) in [4.78, 5) is 15.5. The lowest BCUT2D eigenvalue weighted by Crippen LogP contribution is -2.07. The van der Waals surface area contributed by atoms with Crippen LogP contribution < -0.4 is 5.32 Å². The molecule has 0 radical (unpaired) electrons. The minimum absolute atomic E-state index is 0.0255. The summed E-state index contributed by atoms with van der Waals surface area (Å²) in [7, 11) is -3.53. The summed E-state index contributed by atoms with van der Waals surface area (Å²) in [5.74, 6) is 0. The molecule has 2 rings (SSSR count). The smallest absolute Gasteiger partial charge is 0.252 e. The van der Waals surface area contributed by atoms with Crippen molar-refractivity contribution in [2.45, 2.75) is 18.2 Å². The number of pyridine rings is 1. The Labute approximate surface area is 134 Å². The van der Waals surface area contributed by atoms with E-state index in [1.807, 2.05) is 6.92 Å². The maximum atomic E-state index is 12.0. The first-order valence-electron chi connectivity index (χ1n) is 6.56. The Morgan fingerprint density at radius 2 is 2.09 bits per heavy atom. The molecule has 0 amide bonds. The van der Waals surface area contributed by atoms with Gasteiger partial charge in [0.25, 0.3) is 5.24 Å². The molecule has 2 aromatic rings. The fourth-order valence-corrected chi connectivity index (χ4v) is 3.11. The van der Waals surface area contributed by atoms with E-state index in [2.05, 4.69) is 10.3 Å². The molecule has 0 aliphatic rings. The molecule has 0 saturated heterocycles. The summed E-state index contributed by atoms with van der Waals surface area (Å²) >= 11 is 5.56. The van der Waals surface area contributed by atoms with Crippen LogP contribution in [0.25, 0.3) is 0 Å². The molecule has 0 fully saturated rings. The number of nitrogens with one attached hydrogen (secondary N) is 1. The predicted molar refractivity (Wildman–Crippen MR) is 86.6 cm³/mol. The Hall–Kier alpha value is -1.92. The number of aromatic nitrogens is 1. The van der Waals surface area contributed by atoms with Gasteiger partial charge in [-0.05, 0) is 47.9 Å². The Kier molecular flexibility index (Phi) is 4.83. The van der Waals surface area contributed by atoms with Gasteiger partial charge in [-0.2, -0.15) is 0 Å². The molecule has 7 heteroatoms. The standard InChI is InChI=1S/C15H15ClN2O3S/c1-3-10-7-13(18-11-5-4-6-17-9-11)14(22(2,20)21)8-12(10)15(16)19/h4-9,18H,3H2,1-2H3. The third-order valence-corrected chi connectivity index (χ3v) is 4.48. The summed E-state index contributed by atoms with van der Waals surface area (Å²) in [6.45, 7) is 1.87. The molecular weight excluding hydrogens is 324 g/mol. The third-order valence-electron chi connectivity index (χ3n) is 3.14. The number of sulfone groups is 1. The van der Waals surface area contributed by atoms with Gasteiger partial charge in [0.15, 0.2) is 9.84 Å². The minimum atomic E-state index is -3.53. The average molecular weight is 339 g/mol. The Morgan fingerprint density at radius 3 is 2.59 bits per heavy atom. The van der Waals surface area contributed by atoms with Crippen LogP contribution in [0.1, 0.15) is 22.8 Å². The second-order valence-electron chi connectivity index (χ2n) is 4.77. The van der Waals surface area contributed by atoms with E-state index in [0.717, 1.165) is 6.26 Å². The largest absolute Gasteiger partial charge is 0.353 e. The van der Waals surface area contributed by atoms with E-state index in [0.29, 0.717) is 23.4 Å². The van der Waals surface area contributed by atoms with Crippen LogP contribution in [0.3, 0.4) is 0 Å². The zero-order valence-corrected chi connectivity index (χ0v) is 13.7. The fraction of sp³-hybridized carbons (Fsp3) is 0.200. The van der Waals surface area contributed by atoms with Crippen LogP contribution in [0, 0.1) is 0 Å². The van der Waals surface area contributed by atoms with E-state index in [-0.39, 0.29) is 10.5 Å². The number of halogens is 1. The second-order valence-corrected chi connectivity index (χ2v) is 7.10. The molecule has 0 spiro atoms. The Bertz CT molecular complexity index is 805. The van der Waals surface area contributed by atoms with Crippen LogP contribution in [-0.2, 0) is 16.3 Å². The first-order chi connectivity index (χ1) is 10.3. The molecule has 0 aliphatic carbocycles. The quantitative estimate of drug-likeness (QED) is 0.847. The topological polar surface area (TPSA) is 76.1 Å². The highest BCUT2D eigenvalue weighted by atomic mass is 35.5. The number of benzene rings is 1. The maximum Gasteiger partial charge on any atom is 0.252 e. The van der Waals surface area contributed by atoms with Crippen LogP contribution in [0.4, 0.5) is 11.4 Å². The summed E-state index contributed by atoms with van der Waals surface area (Å²) in [6, 6.07) is 6.46. The number of anilines is 2. The zero-order valence-electron chi connectivity index (χ0n) is 12.1. The van der Waals surface area contributed by atoms with Gasteiger partial charge in [-0.1, -0.05) is 6.92 Å². The molecule has 1 aromatic carbocycles. The minimum Gasteiger partial charge on any atom is -0.353 e. The molecule has 22 heavy (non-hydrogen) atoms. The third kappa shape index (κ3) is 3.64. The second kappa shape index (κ2) is 6.46. The van der Waals surface area contributed by atoms with Crippen molar-refractivity contribution < 1.29 is 13.2 Å². The van der Waals surface area contributed by atoms with Crippen molar-refractivity contribution in [3.05, 3.63) is 47.8 Å². The van der Waals surface area contributed by atoms with Gasteiger partial charge in [-0.15, -0.1) is 0 Å². The van der Waals surface area contributed by atoms with Crippen molar-refractivity contribution in [3.8, 4) is 0 Å². The van der Waals surface area contributed by atoms with E-state index in [9.17, 15) is 13.2 Å². The first-order valence-corrected chi connectivity index (χ1v) is 8.83. The molecule has 0 saturated carbocycles. The summed E-state index contributed by atoms with van der Waals surface area (Å²) < 4.78 is 24.0. The zero-order chi connectivity index (χ0) is 16.3. The maximum absolute atomic E-state index is 12.0. The van der Waals surface area contributed by atoms with Crippen molar-refractivity contribution in [3.63, 3.8) is 0 Å². The number of carbonyl (C=O) groups is 1. The molecule has 5 nitrogen and oxygen atoms in total. The van der Waals surface area contributed by atoms with E-state index >= 15 is 0 Å². The number of carbonyl (C=O) groups excluding carboxylic acids is 1. The van der Waals surface area contributed by atoms with Crippen LogP contribution in [0.15, 0.2) is 41.6 Å². The molecule has 0 bridgehead atoms. The molecule has 116 valence electrons. The number of hydrogen-bond acceptors (Lipinski definition) is 5. The van der Waals surface area contributed by atoms with Crippen LogP contribution in [-0.4, -0.2) is 24.9 Å². The molecule has 1 aromatic heterocycles. The van der Waals surface area contributed by atoms with Gasteiger partial charge >= 0.3 is 0 Å². The molecule has 0 atom stereocenters. The van der Waals surface area contributed by atoms with E-state index in [1.54, 1.807) is 30.6 Å². The summed E-state index contributed by atoms with van der Waals surface area (Å²) in [5, 5.41) is 2.35. The highest BCUT2D eigenvalue weighted by Crippen LogP contribution is 2.29. The Morgan fingerprint density at radius 1 is 1.36 bits per heavy atom. The lowest BCUT2D eigenvalue weighted by Gasteiger charge is -2.14. The summed E-state index contributed by atoms with van der Waals surface area (Å²) in [5.41, 5.74) is 1.94. The van der Waals surface area contributed by atoms with E-state index in [1.165, 1.54) is 6.07 Å². The SMILES string of the molecule is CCc1cc(Nc2cccnc2)c(S(C)(=O)=O)cc1C(=O)Cl. The van der Waals surface area contributed by atoms with Crippen LogP contribution >= 0.6 is 11.6 Å². The van der Waals surface area contributed by atoms with Gasteiger partial charge in [0.2, 0.25) is 0 Å². The lowest BCUT2D eigenvalue weighted by molar-refractivity contribution is 0.108. The predicted octanol–water partition coefficient (Wildman–Crippen LogP) is 3.17. The van der Waals surface area contributed by atoms with Gasteiger partial charge in [0.1, 0.15) is 0 Å². The highest BCUT2D eigenvalue weighted by Gasteiger charge is 2.19. The highest BCUT2D eigenvalue weighted by molar-refractivity contribution is 7.90. The average Bonchev–Trinajstić information content (AvgIpc) is 2.46. The number of aryl methyl sites for hydroxylation is 1. The Balaban J connectivity index is 2.63. The van der Waals surface area contributed by atoms with Gasteiger partial charge in [0.05, 0.1) is 22.5 Å². The molecular formula is C15H15ClN2O3S. The van der Waals surface area contributed by atoms with E-state index in [4.69, 9.17) is 11.6 Å². The normalized spacial score (nSPS) is 11.2. The van der Waals surface area contributed by atoms with Gasteiger partial charge < -0.3 is 5.32 Å². The summed E-state index contributed by atoms with van der Waals surface area (Å²) in [6.07, 6.45) is 4.85.